The molecule has 0 amide bonds. The Kier molecular flexibility index (Phi) is 6.41. The highest BCUT2D eigenvalue weighted by atomic mass is 32.2. The normalized spacial score (nSPS) is 16.9. The standard InChI is InChI=1S/C25H28N2O5S/c1-5-27-25(32-15-18-8-6-16(2)7-9-18)20(14-26-27)24(28)19-10-11-22-23(17(19)3)21(31-4)12-13-33(22,29)30/h6-11,14,21H,5,12-13,15H2,1-4H3. The minimum atomic E-state index is -3.40. The highest BCUT2D eigenvalue weighted by molar-refractivity contribution is 7.91. The van der Waals surface area contributed by atoms with Gasteiger partial charge in [0.05, 0.1) is 22.9 Å². The van der Waals surface area contributed by atoms with Crippen LogP contribution in [-0.2, 0) is 27.7 Å². The molecule has 3 aromatic rings. The van der Waals surface area contributed by atoms with Crippen molar-refractivity contribution in [1.29, 1.82) is 0 Å². The number of aromatic nitrogens is 2. The molecule has 2 heterocycles. The van der Waals surface area contributed by atoms with Crippen molar-refractivity contribution in [3.8, 4) is 5.88 Å². The molecule has 0 saturated carbocycles. The van der Waals surface area contributed by atoms with E-state index < -0.39 is 9.84 Å². The first-order chi connectivity index (χ1) is 15.8. The smallest absolute Gasteiger partial charge is 0.223 e. The van der Waals surface area contributed by atoms with Gasteiger partial charge in [-0.15, -0.1) is 0 Å². The van der Waals surface area contributed by atoms with Crippen LogP contribution in [0, 0.1) is 13.8 Å². The Morgan fingerprint density at radius 1 is 1.12 bits per heavy atom. The number of sulfone groups is 1. The fourth-order valence-corrected chi connectivity index (χ4v) is 5.90. The molecule has 0 fully saturated rings. The van der Waals surface area contributed by atoms with E-state index in [0.717, 1.165) is 11.1 Å². The van der Waals surface area contributed by atoms with Crippen LogP contribution in [0.1, 0.15) is 57.6 Å². The SMILES string of the molecule is CCn1ncc(C(=O)c2ccc3c(c2C)C(OC)CCS3(=O)=O)c1OCc1ccc(C)cc1. The lowest BCUT2D eigenvalue weighted by atomic mass is 9.93. The first kappa shape index (κ1) is 23.2. The van der Waals surface area contributed by atoms with Crippen molar-refractivity contribution in [2.24, 2.45) is 0 Å². The van der Waals surface area contributed by atoms with Gasteiger partial charge in [-0.3, -0.25) is 4.79 Å². The highest BCUT2D eigenvalue weighted by Crippen LogP contribution is 2.38. The molecule has 8 heteroatoms. The van der Waals surface area contributed by atoms with Gasteiger partial charge in [0.1, 0.15) is 12.2 Å². The molecule has 0 bridgehead atoms. The zero-order valence-electron chi connectivity index (χ0n) is 19.3. The minimum Gasteiger partial charge on any atom is -0.472 e. The van der Waals surface area contributed by atoms with E-state index in [0.29, 0.717) is 47.7 Å². The topological polar surface area (TPSA) is 87.5 Å². The van der Waals surface area contributed by atoms with E-state index in [1.54, 1.807) is 24.8 Å². The number of ketones is 1. The fourth-order valence-electron chi connectivity index (χ4n) is 4.26. The van der Waals surface area contributed by atoms with Crippen LogP contribution in [0.3, 0.4) is 0 Å². The van der Waals surface area contributed by atoms with Gasteiger partial charge in [0.2, 0.25) is 5.88 Å². The second-order valence-electron chi connectivity index (χ2n) is 8.26. The Morgan fingerprint density at radius 3 is 2.52 bits per heavy atom. The number of nitrogens with zero attached hydrogens (tertiary/aromatic N) is 2. The van der Waals surface area contributed by atoms with Gasteiger partial charge in [0.25, 0.3) is 0 Å². The largest absolute Gasteiger partial charge is 0.472 e. The van der Waals surface area contributed by atoms with Crippen LogP contribution in [0.5, 0.6) is 5.88 Å². The van der Waals surface area contributed by atoms with Gasteiger partial charge in [-0.2, -0.15) is 5.10 Å². The number of aryl methyl sites for hydroxylation is 2. The lowest BCUT2D eigenvalue weighted by molar-refractivity contribution is 0.0952. The van der Waals surface area contributed by atoms with E-state index in [2.05, 4.69) is 5.10 Å². The third kappa shape index (κ3) is 4.32. The summed E-state index contributed by atoms with van der Waals surface area (Å²) in [6.07, 6.45) is 1.51. The van der Waals surface area contributed by atoms with Crippen molar-refractivity contribution in [2.45, 2.75) is 51.3 Å². The summed E-state index contributed by atoms with van der Waals surface area (Å²) >= 11 is 0. The van der Waals surface area contributed by atoms with E-state index in [4.69, 9.17) is 9.47 Å². The quantitative estimate of drug-likeness (QED) is 0.483. The molecule has 2 aromatic carbocycles. The maximum absolute atomic E-state index is 13.6. The molecular weight excluding hydrogens is 440 g/mol. The molecule has 0 saturated heterocycles. The third-order valence-corrected chi connectivity index (χ3v) is 7.94. The van der Waals surface area contributed by atoms with Gasteiger partial charge < -0.3 is 9.47 Å². The van der Waals surface area contributed by atoms with Gasteiger partial charge in [0, 0.05) is 24.8 Å². The lowest BCUT2D eigenvalue weighted by Gasteiger charge is -2.27. The minimum absolute atomic E-state index is 0.0332. The third-order valence-electron chi connectivity index (χ3n) is 6.14. The first-order valence-corrected chi connectivity index (χ1v) is 12.6. The molecule has 0 aliphatic carbocycles. The van der Waals surface area contributed by atoms with Crippen LogP contribution in [-0.4, -0.2) is 36.8 Å². The summed E-state index contributed by atoms with van der Waals surface area (Å²) in [6.45, 7) is 6.57. The maximum Gasteiger partial charge on any atom is 0.223 e. The lowest BCUT2D eigenvalue weighted by Crippen LogP contribution is -2.23. The zero-order valence-corrected chi connectivity index (χ0v) is 20.1. The Hall–Kier alpha value is -2.97. The Morgan fingerprint density at radius 2 is 1.85 bits per heavy atom. The van der Waals surface area contributed by atoms with Gasteiger partial charge in [-0.25, -0.2) is 13.1 Å². The second-order valence-corrected chi connectivity index (χ2v) is 10.3. The van der Waals surface area contributed by atoms with E-state index in [1.807, 2.05) is 38.1 Å². The molecule has 4 rings (SSSR count). The summed E-state index contributed by atoms with van der Waals surface area (Å²) in [6, 6.07) is 11.1. The Bertz CT molecular complexity index is 1290. The maximum atomic E-state index is 13.6. The van der Waals surface area contributed by atoms with Gasteiger partial charge in [0.15, 0.2) is 15.6 Å². The number of rotatable bonds is 7. The molecule has 1 aliphatic rings. The fraction of sp³-hybridized carbons (Fsp3) is 0.360. The molecular formula is C25H28N2O5S. The molecule has 33 heavy (non-hydrogen) atoms. The van der Waals surface area contributed by atoms with Crippen molar-refractivity contribution < 1.29 is 22.7 Å². The molecule has 1 atom stereocenters. The number of fused-ring (bicyclic) bond motifs is 1. The van der Waals surface area contributed by atoms with Gasteiger partial charge in [-0.05, 0) is 50.5 Å². The van der Waals surface area contributed by atoms with E-state index >= 15 is 0 Å². The number of hydrogen-bond donors (Lipinski definition) is 0. The molecule has 0 N–H and O–H groups in total. The van der Waals surface area contributed by atoms with E-state index in [9.17, 15) is 13.2 Å². The molecule has 0 spiro atoms. The zero-order chi connectivity index (χ0) is 23.8. The summed E-state index contributed by atoms with van der Waals surface area (Å²) in [5.74, 6) is 0.175. The summed E-state index contributed by atoms with van der Waals surface area (Å²) in [5.41, 5.74) is 4.10. The molecule has 7 nitrogen and oxygen atoms in total. The van der Waals surface area contributed by atoms with Crippen LogP contribution in [0.25, 0.3) is 0 Å². The number of hydrogen-bond acceptors (Lipinski definition) is 6. The second kappa shape index (κ2) is 9.11. The Labute approximate surface area is 194 Å². The molecule has 1 unspecified atom stereocenters. The van der Waals surface area contributed by atoms with Gasteiger partial charge in [-0.1, -0.05) is 29.8 Å². The van der Waals surface area contributed by atoms with Crippen LogP contribution < -0.4 is 4.74 Å². The number of carbonyl (C=O) groups is 1. The van der Waals surface area contributed by atoms with Crippen LogP contribution in [0.15, 0.2) is 47.5 Å². The average Bonchev–Trinajstić information content (AvgIpc) is 3.22. The number of ether oxygens (including phenoxy) is 2. The summed E-state index contributed by atoms with van der Waals surface area (Å²) in [4.78, 5) is 13.8. The molecule has 0 radical (unpaired) electrons. The Balaban J connectivity index is 1.72. The number of benzene rings is 2. The summed E-state index contributed by atoms with van der Waals surface area (Å²) in [7, 11) is -1.84. The predicted molar refractivity (Wildman–Crippen MR) is 124 cm³/mol. The molecule has 174 valence electrons. The van der Waals surface area contributed by atoms with Crippen molar-refractivity contribution in [1.82, 2.24) is 9.78 Å². The average molecular weight is 469 g/mol. The summed E-state index contributed by atoms with van der Waals surface area (Å²) < 4.78 is 38.5. The van der Waals surface area contributed by atoms with Gasteiger partial charge >= 0.3 is 0 Å². The molecule has 1 aromatic heterocycles. The van der Waals surface area contributed by atoms with Crippen molar-refractivity contribution in [3.05, 3.63) is 76.0 Å². The van der Waals surface area contributed by atoms with Crippen molar-refractivity contribution in [2.75, 3.05) is 12.9 Å². The number of methoxy groups -OCH3 is 1. The van der Waals surface area contributed by atoms with Crippen LogP contribution in [0.4, 0.5) is 0 Å². The predicted octanol–water partition coefficient (Wildman–Crippen LogP) is 4.19. The van der Waals surface area contributed by atoms with E-state index in [-0.39, 0.29) is 22.5 Å². The molecule has 1 aliphatic heterocycles. The highest BCUT2D eigenvalue weighted by Gasteiger charge is 2.34. The van der Waals surface area contributed by atoms with Crippen molar-refractivity contribution >= 4 is 15.6 Å². The first-order valence-electron chi connectivity index (χ1n) is 10.9. The number of carbonyl (C=O) groups excluding carboxylic acids is 1. The van der Waals surface area contributed by atoms with E-state index in [1.165, 1.54) is 12.3 Å². The monoisotopic (exact) mass is 468 g/mol. The van der Waals surface area contributed by atoms with Crippen molar-refractivity contribution in [3.63, 3.8) is 0 Å². The summed E-state index contributed by atoms with van der Waals surface area (Å²) in [5, 5.41) is 4.33. The van der Waals surface area contributed by atoms with Crippen LogP contribution in [0.2, 0.25) is 0 Å². The van der Waals surface area contributed by atoms with Crippen LogP contribution >= 0.6 is 0 Å².